The molecule has 1 amide bonds. The summed E-state index contributed by atoms with van der Waals surface area (Å²) in [5, 5.41) is 22.3. The molecule has 0 aliphatic rings. The molecule has 1 heterocycles. The third-order valence-electron chi connectivity index (χ3n) is 4.94. The lowest BCUT2D eigenvalue weighted by Gasteiger charge is -2.20. The van der Waals surface area contributed by atoms with Crippen LogP contribution in [0, 0.1) is 10.1 Å². The summed E-state index contributed by atoms with van der Waals surface area (Å²) in [5.41, 5.74) is 0.440. The van der Waals surface area contributed by atoms with Crippen molar-refractivity contribution in [2.45, 2.75) is 50.2 Å². The number of benzene rings is 2. The van der Waals surface area contributed by atoms with Crippen molar-refractivity contribution in [1.29, 1.82) is 0 Å². The number of thioether (sulfide) groups is 1. The summed E-state index contributed by atoms with van der Waals surface area (Å²) >= 11 is 1.27. The first-order valence-corrected chi connectivity index (χ1v) is 11.6. The number of amides is 1. The topological polar surface area (TPSA) is 121 Å². The molecule has 1 aromatic heterocycles. The molecule has 0 bridgehead atoms. The van der Waals surface area contributed by atoms with Crippen molar-refractivity contribution in [3.63, 3.8) is 0 Å². The standard InChI is InChI=1S/C23H27N5O5S/c1-14(2)27-21(15(3)33-20-9-7-6-8-19(20)32-5)25-26-23(27)34-16(4)22(29)24-17-10-12-18(13-11-17)28(30)31/h6-16H,1-5H3,(H,24,29). The van der Waals surface area contributed by atoms with Crippen LogP contribution < -0.4 is 14.8 Å². The van der Waals surface area contributed by atoms with E-state index in [4.69, 9.17) is 9.47 Å². The highest BCUT2D eigenvalue weighted by Crippen LogP contribution is 2.33. The first kappa shape index (κ1) is 25.0. The first-order chi connectivity index (χ1) is 16.2. The predicted octanol–water partition coefficient (Wildman–Crippen LogP) is 5.04. The number of rotatable bonds is 10. The fraction of sp³-hybridized carbons (Fsp3) is 0.348. The zero-order valence-electron chi connectivity index (χ0n) is 19.6. The molecule has 0 aliphatic heterocycles. The molecule has 11 heteroatoms. The fourth-order valence-electron chi connectivity index (χ4n) is 3.21. The highest BCUT2D eigenvalue weighted by atomic mass is 32.2. The molecule has 0 radical (unpaired) electrons. The summed E-state index contributed by atoms with van der Waals surface area (Å²) in [6.07, 6.45) is -0.412. The Morgan fingerprint density at radius 3 is 2.29 bits per heavy atom. The maximum atomic E-state index is 12.7. The highest BCUT2D eigenvalue weighted by Gasteiger charge is 2.25. The van der Waals surface area contributed by atoms with E-state index in [0.29, 0.717) is 28.2 Å². The van der Waals surface area contributed by atoms with Crippen molar-refractivity contribution < 1.29 is 19.2 Å². The first-order valence-electron chi connectivity index (χ1n) is 10.7. The molecule has 3 aromatic rings. The van der Waals surface area contributed by atoms with Gasteiger partial charge in [0, 0.05) is 23.9 Å². The van der Waals surface area contributed by atoms with E-state index in [2.05, 4.69) is 15.5 Å². The second-order valence-electron chi connectivity index (χ2n) is 7.77. The number of carbonyl (C=O) groups excluding carboxylic acids is 1. The molecule has 0 aliphatic carbocycles. The van der Waals surface area contributed by atoms with E-state index in [1.807, 2.05) is 49.6 Å². The Bertz CT molecular complexity index is 1150. The number of nitro benzene ring substituents is 1. The van der Waals surface area contributed by atoms with Gasteiger partial charge < -0.3 is 19.4 Å². The van der Waals surface area contributed by atoms with Gasteiger partial charge in [-0.1, -0.05) is 23.9 Å². The predicted molar refractivity (Wildman–Crippen MR) is 129 cm³/mol. The van der Waals surface area contributed by atoms with E-state index in [9.17, 15) is 14.9 Å². The van der Waals surface area contributed by atoms with Crippen molar-refractivity contribution in [2.24, 2.45) is 0 Å². The van der Waals surface area contributed by atoms with Crippen molar-refractivity contribution >= 4 is 29.0 Å². The van der Waals surface area contributed by atoms with Crippen LogP contribution in [-0.4, -0.2) is 38.0 Å². The van der Waals surface area contributed by atoms with Gasteiger partial charge in [0.25, 0.3) is 5.69 Å². The van der Waals surface area contributed by atoms with E-state index in [-0.39, 0.29) is 17.6 Å². The van der Waals surface area contributed by atoms with E-state index in [1.165, 1.54) is 36.0 Å². The quantitative estimate of drug-likeness (QED) is 0.241. The molecule has 3 rings (SSSR count). The average molecular weight is 486 g/mol. The van der Waals surface area contributed by atoms with E-state index in [1.54, 1.807) is 14.0 Å². The molecule has 0 saturated heterocycles. The van der Waals surface area contributed by atoms with Crippen LogP contribution in [0.15, 0.2) is 53.7 Å². The van der Waals surface area contributed by atoms with Crippen LogP contribution in [0.2, 0.25) is 0 Å². The summed E-state index contributed by atoms with van der Waals surface area (Å²) in [6, 6.07) is 13.1. The minimum absolute atomic E-state index is 0.0288. The molecule has 0 fully saturated rings. The van der Waals surface area contributed by atoms with E-state index in [0.717, 1.165) is 0 Å². The zero-order valence-corrected chi connectivity index (χ0v) is 20.4. The van der Waals surface area contributed by atoms with Gasteiger partial charge in [-0.25, -0.2) is 0 Å². The van der Waals surface area contributed by atoms with Crippen LogP contribution in [0.1, 0.15) is 45.7 Å². The Morgan fingerprint density at radius 1 is 1.06 bits per heavy atom. The number of nitrogens with one attached hydrogen (secondary N) is 1. The summed E-state index contributed by atoms with van der Waals surface area (Å²) in [5.74, 6) is 1.60. The van der Waals surface area contributed by atoms with E-state index >= 15 is 0 Å². The van der Waals surface area contributed by atoms with Gasteiger partial charge in [-0.2, -0.15) is 0 Å². The third kappa shape index (κ3) is 5.84. The molecule has 2 atom stereocenters. The number of aromatic nitrogens is 3. The number of methoxy groups -OCH3 is 1. The van der Waals surface area contributed by atoms with Crippen molar-refractivity contribution in [1.82, 2.24) is 14.8 Å². The number of hydrogen-bond donors (Lipinski definition) is 1. The molecular formula is C23H27N5O5S. The van der Waals surface area contributed by atoms with Gasteiger partial charge in [-0.15, -0.1) is 10.2 Å². The molecule has 34 heavy (non-hydrogen) atoms. The molecule has 2 aromatic carbocycles. The molecule has 1 N–H and O–H groups in total. The number of nitro groups is 1. The van der Waals surface area contributed by atoms with Gasteiger partial charge in [0.1, 0.15) is 0 Å². The Morgan fingerprint density at radius 2 is 1.71 bits per heavy atom. The van der Waals surface area contributed by atoms with Crippen molar-refractivity contribution in [3.05, 3.63) is 64.5 Å². The average Bonchev–Trinajstić information content (AvgIpc) is 3.23. The number of nitrogens with zero attached hydrogens (tertiary/aromatic N) is 4. The highest BCUT2D eigenvalue weighted by molar-refractivity contribution is 8.00. The van der Waals surface area contributed by atoms with Crippen LogP contribution in [0.25, 0.3) is 0 Å². The van der Waals surface area contributed by atoms with Gasteiger partial charge in [0.15, 0.2) is 28.6 Å². The summed E-state index contributed by atoms with van der Waals surface area (Å²) in [4.78, 5) is 23.0. The summed E-state index contributed by atoms with van der Waals surface area (Å²) in [7, 11) is 1.58. The molecule has 180 valence electrons. The number of para-hydroxylation sites is 2. The summed E-state index contributed by atoms with van der Waals surface area (Å²) in [6.45, 7) is 7.66. The number of hydrogen-bond acceptors (Lipinski definition) is 8. The molecule has 0 spiro atoms. The zero-order chi connectivity index (χ0) is 24.8. The van der Waals surface area contributed by atoms with Crippen LogP contribution in [0.3, 0.4) is 0 Å². The number of non-ortho nitro benzene ring substituents is 1. The van der Waals surface area contributed by atoms with Crippen LogP contribution in [0.4, 0.5) is 11.4 Å². The lowest BCUT2D eigenvalue weighted by molar-refractivity contribution is -0.384. The largest absolute Gasteiger partial charge is 0.493 e. The number of carbonyl (C=O) groups is 1. The maximum Gasteiger partial charge on any atom is 0.269 e. The Kier molecular flexibility index (Phi) is 8.11. The Balaban J connectivity index is 1.73. The van der Waals surface area contributed by atoms with Crippen LogP contribution >= 0.6 is 11.8 Å². The SMILES string of the molecule is COc1ccccc1OC(C)c1nnc(SC(C)C(=O)Nc2ccc([N+](=O)[O-])cc2)n1C(C)C. The second kappa shape index (κ2) is 11.0. The lowest BCUT2D eigenvalue weighted by atomic mass is 10.3. The van der Waals surface area contributed by atoms with Gasteiger partial charge in [0.2, 0.25) is 5.91 Å². The fourth-order valence-corrected chi connectivity index (χ4v) is 4.20. The third-order valence-corrected chi connectivity index (χ3v) is 6.00. The molecular weight excluding hydrogens is 458 g/mol. The monoisotopic (exact) mass is 485 g/mol. The van der Waals surface area contributed by atoms with Crippen molar-refractivity contribution in [2.75, 3.05) is 12.4 Å². The molecule has 2 unspecified atom stereocenters. The number of anilines is 1. The van der Waals surface area contributed by atoms with Crippen LogP contribution in [0.5, 0.6) is 11.5 Å². The molecule has 0 saturated carbocycles. The summed E-state index contributed by atoms with van der Waals surface area (Å²) < 4.78 is 13.4. The van der Waals surface area contributed by atoms with E-state index < -0.39 is 16.3 Å². The molecule has 10 nitrogen and oxygen atoms in total. The van der Waals surface area contributed by atoms with Crippen LogP contribution in [-0.2, 0) is 4.79 Å². The lowest BCUT2D eigenvalue weighted by Crippen LogP contribution is -2.23. The number of ether oxygens (including phenoxy) is 2. The van der Waals surface area contributed by atoms with Gasteiger partial charge >= 0.3 is 0 Å². The van der Waals surface area contributed by atoms with Gasteiger partial charge in [-0.05, 0) is 52.0 Å². The Hall–Kier alpha value is -3.60. The second-order valence-corrected chi connectivity index (χ2v) is 9.08. The maximum absolute atomic E-state index is 12.7. The van der Waals surface area contributed by atoms with Crippen molar-refractivity contribution in [3.8, 4) is 11.5 Å². The Labute approximate surface area is 201 Å². The minimum atomic E-state index is -0.491. The minimum Gasteiger partial charge on any atom is -0.493 e. The van der Waals surface area contributed by atoms with Gasteiger partial charge in [0.05, 0.1) is 17.3 Å². The smallest absolute Gasteiger partial charge is 0.269 e. The normalized spacial score (nSPS) is 12.8. The van der Waals surface area contributed by atoms with Gasteiger partial charge in [-0.3, -0.25) is 14.9 Å².